The van der Waals surface area contributed by atoms with Crippen molar-refractivity contribution in [3.05, 3.63) is 47.8 Å². The molecule has 0 radical (unpaired) electrons. The lowest BCUT2D eigenvalue weighted by molar-refractivity contribution is -0.137. The maximum Gasteiger partial charge on any atom is 0.227 e. The molecule has 2 saturated heterocycles. The average molecular weight is 367 g/mol. The quantitative estimate of drug-likeness (QED) is 0.862. The zero-order valence-electron chi connectivity index (χ0n) is 15.4. The molecule has 0 unspecified atom stereocenters. The van der Waals surface area contributed by atoms with Crippen molar-refractivity contribution >= 4 is 11.8 Å². The zero-order valence-corrected chi connectivity index (χ0v) is 15.4. The number of likely N-dealkylation sites (tertiary alicyclic amines) is 1. The molecule has 1 aromatic heterocycles. The Kier molecular flexibility index (Phi) is 5.18. The first-order valence-corrected chi connectivity index (χ1v) is 9.66. The second-order valence-electron chi connectivity index (χ2n) is 7.57. The summed E-state index contributed by atoms with van der Waals surface area (Å²) < 4.78 is 1.93. The predicted molar refractivity (Wildman–Crippen MR) is 99.7 cm³/mol. The summed E-state index contributed by atoms with van der Waals surface area (Å²) in [4.78, 5) is 25.7. The van der Waals surface area contributed by atoms with E-state index in [1.807, 2.05) is 34.0 Å². The Hall–Kier alpha value is -2.70. The minimum absolute atomic E-state index is 0.0132. The fraction of sp³-hybridized carbons (Fsp3) is 0.500. The van der Waals surface area contributed by atoms with Gasteiger partial charge in [0.25, 0.3) is 0 Å². The highest BCUT2D eigenvalue weighted by Crippen LogP contribution is 2.22. The van der Waals surface area contributed by atoms with Gasteiger partial charge >= 0.3 is 0 Å². The van der Waals surface area contributed by atoms with Gasteiger partial charge in [0.1, 0.15) is 0 Å². The van der Waals surface area contributed by atoms with Gasteiger partial charge in [0.15, 0.2) is 0 Å². The van der Waals surface area contributed by atoms with Crippen molar-refractivity contribution in [2.24, 2.45) is 11.8 Å². The summed E-state index contributed by atoms with van der Waals surface area (Å²) in [6.45, 7) is 2.85. The van der Waals surface area contributed by atoms with Crippen LogP contribution < -0.4 is 5.32 Å². The Balaban J connectivity index is 1.26. The van der Waals surface area contributed by atoms with Crippen LogP contribution in [0.2, 0.25) is 0 Å². The van der Waals surface area contributed by atoms with E-state index in [0.29, 0.717) is 18.9 Å². The number of nitrogens with zero attached hydrogens (tertiary/aromatic N) is 4. The van der Waals surface area contributed by atoms with Gasteiger partial charge in [-0.05, 0) is 24.3 Å². The number of nitrogens with one attached hydrogen (secondary N) is 1. The van der Waals surface area contributed by atoms with Gasteiger partial charge in [0.05, 0.1) is 11.6 Å². The number of aromatic nitrogens is 3. The maximum absolute atomic E-state index is 12.5. The fourth-order valence-corrected chi connectivity index (χ4v) is 3.95. The Labute approximate surface area is 158 Å². The lowest BCUT2D eigenvalue weighted by Gasteiger charge is -2.33. The molecule has 3 heterocycles. The highest BCUT2D eigenvalue weighted by molar-refractivity contribution is 5.89. The average Bonchev–Trinajstić information content (AvgIpc) is 3.31. The molecule has 27 heavy (non-hydrogen) atoms. The normalized spacial score (nSPS) is 20.7. The molecule has 0 aliphatic carbocycles. The van der Waals surface area contributed by atoms with Crippen molar-refractivity contribution in [2.45, 2.75) is 32.2 Å². The summed E-state index contributed by atoms with van der Waals surface area (Å²) in [5, 5.41) is 11.3. The molecule has 0 bridgehead atoms. The molecule has 2 aliphatic heterocycles. The molecule has 2 aliphatic rings. The molecule has 1 atom stereocenters. The van der Waals surface area contributed by atoms with E-state index in [4.69, 9.17) is 0 Å². The van der Waals surface area contributed by atoms with Gasteiger partial charge in [-0.25, -0.2) is 0 Å². The number of carbonyl (C=O) groups excluding carboxylic acids is 2. The van der Waals surface area contributed by atoms with Crippen molar-refractivity contribution in [3.63, 3.8) is 0 Å². The summed E-state index contributed by atoms with van der Waals surface area (Å²) >= 11 is 0. The van der Waals surface area contributed by atoms with E-state index in [9.17, 15) is 9.59 Å². The van der Waals surface area contributed by atoms with Crippen LogP contribution in [0.15, 0.2) is 36.5 Å². The van der Waals surface area contributed by atoms with Crippen LogP contribution >= 0.6 is 0 Å². The largest absolute Gasteiger partial charge is 0.355 e. The molecule has 1 aromatic carbocycles. The lowest BCUT2D eigenvalue weighted by atomic mass is 9.95. The molecule has 2 fully saturated rings. The molecular formula is C20H25N5O2. The van der Waals surface area contributed by atoms with Gasteiger partial charge in [0, 0.05) is 45.2 Å². The number of benzene rings is 1. The number of hydrogen-bond acceptors (Lipinski definition) is 4. The molecule has 0 spiro atoms. The SMILES string of the molecule is O=C1C[C@@H](C(=O)N2CCC(Cn3cc(Cc4ccccc4)nn3)CC2)CN1. The minimum atomic E-state index is -0.176. The van der Waals surface area contributed by atoms with Crippen LogP contribution in [0, 0.1) is 11.8 Å². The smallest absolute Gasteiger partial charge is 0.227 e. The van der Waals surface area contributed by atoms with Gasteiger partial charge in [-0.3, -0.25) is 14.3 Å². The van der Waals surface area contributed by atoms with Gasteiger partial charge in [-0.1, -0.05) is 35.5 Å². The topological polar surface area (TPSA) is 80.1 Å². The number of carbonyl (C=O) groups is 2. The summed E-state index contributed by atoms with van der Waals surface area (Å²) in [6, 6.07) is 10.3. The molecule has 7 heteroatoms. The van der Waals surface area contributed by atoms with Gasteiger partial charge in [0.2, 0.25) is 11.8 Å². The Morgan fingerprint density at radius 1 is 1.19 bits per heavy atom. The molecule has 7 nitrogen and oxygen atoms in total. The zero-order chi connectivity index (χ0) is 18.6. The number of hydrogen-bond donors (Lipinski definition) is 1. The summed E-state index contributed by atoms with van der Waals surface area (Å²) in [6.07, 6.45) is 5.09. The van der Waals surface area contributed by atoms with Crippen LogP contribution in [-0.2, 0) is 22.6 Å². The lowest BCUT2D eigenvalue weighted by Crippen LogP contribution is -2.43. The Morgan fingerprint density at radius 2 is 1.96 bits per heavy atom. The van der Waals surface area contributed by atoms with Crippen molar-refractivity contribution in [3.8, 4) is 0 Å². The number of piperidine rings is 1. The number of rotatable bonds is 5. The molecule has 1 N–H and O–H groups in total. The minimum Gasteiger partial charge on any atom is -0.355 e. The maximum atomic E-state index is 12.5. The molecule has 4 rings (SSSR count). The van der Waals surface area contributed by atoms with E-state index in [1.54, 1.807) is 0 Å². The van der Waals surface area contributed by atoms with E-state index in [1.165, 1.54) is 5.56 Å². The van der Waals surface area contributed by atoms with Crippen LogP contribution in [0.5, 0.6) is 0 Å². The van der Waals surface area contributed by atoms with E-state index >= 15 is 0 Å². The third-order valence-electron chi connectivity index (χ3n) is 5.51. The first-order chi connectivity index (χ1) is 13.2. The molecular weight excluding hydrogens is 342 g/mol. The Bertz CT molecular complexity index is 796. The van der Waals surface area contributed by atoms with Crippen molar-refractivity contribution in [1.29, 1.82) is 0 Å². The summed E-state index contributed by atoms with van der Waals surface area (Å²) in [5.74, 6) is 0.437. The van der Waals surface area contributed by atoms with Crippen molar-refractivity contribution < 1.29 is 9.59 Å². The third kappa shape index (κ3) is 4.35. The van der Waals surface area contributed by atoms with Crippen LogP contribution in [0.25, 0.3) is 0 Å². The van der Waals surface area contributed by atoms with Gasteiger partial charge < -0.3 is 10.2 Å². The predicted octanol–water partition coefficient (Wildman–Crippen LogP) is 1.24. The van der Waals surface area contributed by atoms with Crippen LogP contribution in [0.1, 0.15) is 30.5 Å². The van der Waals surface area contributed by atoms with Crippen molar-refractivity contribution in [2.75, 3.05) is 19.6 Å². The first-order valence-electron chi connectivity index (χ1n) is 9.66. The van der Waals surface area contributed by atoms with E-state index in [-0.39, 0.29) is 17.7 Å². The molecule has 2 amide bonds. The van der Waals surface area contributed by atoms with Crippen LogP contribution in [0.3, 0.4) is 0 Å². The highest BCUT2D eigenvalue weighted by atomic mass is 16.2. The molecule has 0 saturated carbocycles. The van der Waals surface area contributed by atoms with Crippen LogP contribution in [0.4, 0.5) is 0 Å². The van der Waals surface area contributed by atoms with Crippen LogP contribution in [-0.4, -0.2) is 51.3 Å². The van der Waals surface area contributed by atoms with Gasteiger partial charge in [-0.2, -0.15) is 0 Å². The van der Waals surface area contributed by atoms with E-state index < -0.39 is 0 Å². The number of amides is 2. The third-order valence-corrected chi connectivity index (χ3v) is 5.51. The van der Waals surface area contributed by atoms with E-state index in [2.05, 4.69) is 27.8 Å². The second kappa shape index (κ2) is 7.90. The van der Waals surface area contributed by atoms with Crippen molar-refractivity contribution in [1.82, 2.24) is 25.2 Å². The van der Waals surface area contributed by atoms with Gasteiger partial charge in [-0.15, -0.1) is 5.10 Å². The molecule has 142 valence electrons. The van der Waals surface area contributed by atoms with E-state index in [0.717, 1.165) is 44.6 Å². The highest BCUT2D eigenvalue weighted by Gasteiger charge is 2.33. The molecule has 2 aromatic rings. The monoisotopic (exact) mass is 367 g/mol. The summed E-state index contributed by atoms with van der Waals surface area (Å²) in [5.41, 5.74) is 2.21. The fourth-order valence-electron chi connectivity index (χ4n) is 3.95. The second-order valence-corrected chi connectivity index (χ2v) is 7.57. The standard InChI is InChI=1S/C20H25N5O2/c26-19-11-17(12-21-19)20(27)24-8-6-16(7-9-24)13-25-14-18(22-23-25)10-15-4-2-1-3-5-15/h1-5,14,16-17H,6-13H2,(H,21,26)/t17-/m1/s1. The first kappa shape index (κ1) is 17.7. The Morgan fingerprint density at radius 3 is 2.67 bits per heavy atom. The summed E-state index contributed by atoms with van der Waals surface area (Å²) in [7, 11) is 0.